The van der Waals surface area contributed by atoms with Crippen molar-refractivity contribution in [3.63, 3.8) is 0 Å². The summed E-state index contributed by atoms with van der Waals surface area (Å²) in [7, 11) is 0. The lowest BCUT2D eigenvalue weighted by Crippen LogP contribution is -2.28. The Hall–Kier alpha value is -1.91. The van der Waals surface area contributed by atoms with Crippen molar-refractivity contribution in [1.29, 1.82) is 10.5 Å². The second-order valence-corrected chi connectivity index (χ2v) is 4.03. The second kappa shape index (κ2) is 7.38. The van der Waals surface area contributed by atoms with Crippen LogP contribution >= 0.6 is 0 Å². The van der Waals surface area contributed by atoms with E-state index in [0.29, 0.717) is 19.5 Å². The van der Waals surface area contributed by atoms with Crippen LogP contribution in [0.5, 0.6) is 0 Å². The van der Waals surface area contributed by atoms with Gasteiger partial charge in [-0.05, 0) is 18.6 Å². The van der Waals surface area contributed by atoms with Crippen molar-refractivity contribution in [1.82, 2.24) is 9.88 Å². The Bertz CT molecular complexity index is 402. The molecule has 0 saturated heterocycles. The van der Waals surface area contributed by atoms with E-state index < -0.39 is 0 Å². The van der Waals surface area contributed by atoms with Crippen LogP contribution in [0.4, 0.5) is 0 Å². The molecule has 4 nitrogen and oxygen atoms in total. The van der Waals surface area contributed by atoms with E-state index in [1.165, 1.54) is 0 Å². The van der Waals surface area contributed by atoms with Gasteiger partial charge in [-0.2, -0.15) is 10.5 Å². The van der Waals surface area contributed by atoms with E-state index in [0.717, 1.165) is 12.1 Å². The van der Waals surface area contributed by atoms with Gasteiger partial charge in [-0.25, -0.2) is 0 Å². The summed E-state index contributed by atoms with van der Waals surface area (Å²) in [6.07, 6.45) is 4.04. The van der Waals surface area contributed by atoms with Crippen molar-refractivity contribution in [3.05, 3.63) is 30.1 Å². The van der Waals surface area contributed by atoms with Gasteiger partial charge in [-0.1, -0.05) is 6.07 Å². The number of aromatic nitrogens is 1. The Morgan fingerprint density at radius 2 is 2.29 bits per heavy atom. The predicted octanol–water partition coefficient (Wildman–Crippen LogP) is 1.96. The van der Waals surface area contributed by atoms with E-state index in [1.54, 1.807) is 6.20 Å². The van der Waals surface area contributed by atoms with Gasteiger partial charge in [0.1, 0.15) is 0 Å². The fourth-order valence-electron chi connectivity index (χ4n) is 1.62. The number of nitriles is 2. The number of hydrogen-bond donors (Lipinski definition) is 0. The number of nitrogens with zero attached hydrogens (tertiary/aromatic N) is 4. The number of hydrogen-bond acceptors (Lipinski definition) is 4. The van der Waals surface area contributed by atoms with Crippen molar-refractivity contribution in [2.75, 3.05) is 13.1 Å². The van der Waals surface area contributed by atoms with E-state index in [1.807, 2.05) is 25.3 Å². The lowest BCUT2D eigenvalue weighted by Gasteiger charge is -2.22. The quantitative estimate of drug-likeness (QED) is 0.746. The first-order valence-electron chi connectivity index (χ1n) is 5.64. The maximum atomic E-state index is 8.82. The Morgan fingerprint density at radius 3 is 2.88 bits per heavy atom. The molecule has 1 aromatic rings. The molecule has 88 valence electrons. The molecule has 0 N–H and O–H groups in total. The third kappa shape index (κ3) is 5.10. The molecule has 1 unspecified atom stereocenters. The molecule has 17 heavy (non-hydrogen) atoms. The van der Waals surface area contributed by atoms with Crippen LogP contribution in [-0.4, -0.2) is 23.0 Å². The number of pyridine rings is 1. The third-order valence-electron chi connectivity index (χ3n) is 2.42. The zero-order valence-electron chi connectivity index (χ0n) is 10.0. The highest BCUT2D eigenvalue weighted by Crippen LogP contribution is 2.06. The molecule has 1 rings (SSSR count). The SMILES string of the molecule is CC(C#N)CN(CCC#N)Cc1cccnc1. The van der Waals surface area contributed by atoms with E-state index in [9.17, 15) is 0 Å². The first-order valence-corrected chi connectivity index (χ1v) is 5.64. The van der Waals surface area contributed by atoms with Gasteiger partial charge in [0.25, 0.3) is 0 Å². The van der Waals surface area contributed by atoms with Crippen LogP contribution in [0.15, 0.2) is 24.5 Å². The molecule has 0 bridgehead atoms. The molecule has 0 amide bonds. The molecule has 0 radical (unpaired) electrons. The molecule has 0 aliphatic rings. The van der Waals surface area contributed by atoms with Crippen LogP contribution in [0.2, 0.25) is 0 Å². The molecule has 4 heteroatoms. The van der Waals surface area contributed by atoms with Crippen molar-refractivity contribution in [3.8, 4) is 12.1 Å². The largest absolute Gasteiger partial charge is 0.297 e. The summed E-state index contributed by atoms with van der Waals surface area (Å²) in [5, 5.41) is 17.4. The Morgan fingerprint density at radius 1 is 1.47 bits per heavy atom. The first kappa shape index (κ1) is 13.2. The standard InChI is InChI=1S/C13H16N4/c1-12(8-15)10-17(7-3-5-14)11-13-4-2-6-16-9-13/h2,4,6,9,12H,3,7,10-11H2,1H3. The van der Waals surface area contributed by atoms with Crippen LogP contribution in [0.25, 0.3) is 0 Å². The molecule has 1 atom stereocenters. The monoisotopic (exact) mass is 228 g/mol. The Labute approximate surface area is 102 Å². The highest BCUT2D eigenvalue weighted by atomic mass is 15.1. The minimum absolute atomic E-state index is 0.0228. The predicted molar refractivity (Wildman–Crippen MR) is 64.5 cm³/mol. The summed E-state index contributed by atoms with van der Waals surface area (Å²) in [6, 6.07) is 8.25. The van der Waals surface area contributed by atoms with E-state index in [2.05, 4.69) is 22.0 Å². The molecule has 0 saturated carbocycles. The zero-order chi connectivity index (χ0) is 12.5. The van der Waals surface area contributed by atoms with Gasteiger partial charge in [0.05, 0.1) is 18.1 Å². The van der Waals surface area contributed by atoms with Crippen molar-refractivity contribution < 1.29 is 0 Å². The molecule has 0 aliphatic heterocycles. The average molecular weight is 228 g/mol. The smallest absolute Gasteiger partial charge is 0.0666 e. The Balaban J connectivity index is 2.58. The van der Waals surface area contributed by atoms with Crippen LogP contribution in [-0.2, 0) is 6.54 Å². The third-order valence-corrected chi connectivity index (χ3v) is 2.42. The van der Waals surface area contributed by atoms with E-state index in [4.69, 9.17) is 10.5 Å². The molecule has 0 aliphatic carbocycles. The van der Waals surface area contributed by atoms with Gasteiger partial charge in [0, 0.05) is 38.4 Å². The number of rotatable bonds is 6. The molecule has 0 aromatic carbocycles. The summed E-state index contributed by atoms with van der Waals surface area (Å²) < 4.78 is 0. The highest BCUT2D eigenvalue weighted by molar-refractivity contribution is 5.08. The van der Waals surface area contributed by atoms with Crippen LogP contribution < -0.4 is 0 Å². The van der Waals surface area contributed by atoms with Gasteiger partial charge in [-0.3, -0.25) is 9.88 Å². The molecule has 1 aromatic heterocycles. The lowest BCUT2D eigenvalue weighted by molar-refractivity contribution is 0.252. The summed E-state index contributed by atoms with van der Waals surface area (Å²) in [5.74, 6) is -0.0228. The van der Waals surface area contributed by atoms with E-state index >= 15 is 0 Å². The zero-order valence-corrected chi connectivity index (χ0v) is 10.0. The second-order valence-electron chi connectivity index (χ2n) is 4.03. The fraction of sp³-hybridized carbons (Fsp3) is 0.462. The van der Waals surface area contributed by atoms with Gasteiger partial charge in [0.2, 0.25) is 0 Å². The first-order chi connectivity index (χ1) is 8.26. The summed E-state index contributed by atoms with van der Waals surface area (Å²) >= 11 is 0. The van der Waals surface area contributed by atoms with E-state index in [-0.39, 0.29) is 5.92 Å². The minimum Gasteiger partial charge on any atom is -0.297 e. The Kier molecular flexibility index (Phi) is 5.71. The lowest BCUT2D eigenvalue weighted by atomic mass is 10.1. The van der Waals surface area contributed by atoms with Gasteiger partial charge >= 0.3 is 0 Å². The normalized spacial score (nSPS) is 11.8. The van der Waals surface area contributed by atoms with Gasteiger partial charge < -0.3 is 0 Å². The van der Waals surface area contributed by atoms with Crippen molar-refractivity contribution in [2.24, 2.45) is 5.92 Å². The summed E-state index contributed by atoms with van der Waals surface area (Å²) in [6.45, 7) is 4.01. The van der Waals surface area contributed by atoms with Gasteiger partial charge in [0.15, 0.2) is 0 Å². The molecular formula is C13H16N4. The maximum absolute atomic E-state index is 8.82. The molecule has 1 heterocycles. The highest BCUT2D eigenvalue weighted by Gasteiger charge is 2.10. The molecule has 0 spiro atoms. The van der Waals surface area contributed by atoms with Crippen molar-refractivity contribution in [2.45, 2.75) is 19.9 Å². The minimum atomic E-state index is -0.0228. The maximum Gasteiger partial charge on any atom is 0.0666 e. The molecule has 0 fully saturated rings. The van der Waals surface area contributed by atoms with Crippen LogP contribution in [0, 0.1) is 28.6 Å². The summed E-state index contributed by atoms with van der Waals surface area (Å²) in [5.41, 5.74) is 1.11. The van der Waals surface area contributed by atoms with Crippen LogP contribution in [0.1, 0.15) is 18.9 Å². The topological polar surface area (TPSA) is 63.7 Å². The average Bonchev–Trinajstić information content (AvgIpc) is 2.37. The van der Waals surface area contributed by atoms with Gasteiger partial charge in [-0.15, -0.1) is 0 Å². The van der Waals surface area contributed by atoms with Crippen molar-refractivity contribution >= 4 is 0 Å². The fourth-order valence-corrected chi connectivity index (χ4v) is 1.62. The summed E-state index contributed by atoms with van der Waals surface area (Å²) in [4.78, 5) is 6.18. The van der Waals surface area contributed by atoms with Crippen LogP contribution in [0.3, 0.4) is 0 Å². The molecular weight excluding hydrogens is 212 g/mol.